The first-order valence-electron chi connectivity index (χ1n) is 15.1. The van der Waals surface area contributed by atoms with Gasteiger partial charge in [-0.05, 0) is 68.7 Å². The van der Waals surface area contributed by atoms with E-state index in [4.69, 9.17) is 23.2 Å². The van der Waals surface area contributed by atoms with Gasteiger partial charge < -0.3 is 10.2 Å². The predicted octanol–water partition coefficient (Wildman–Crippen LogP) is 7.36. The molecule has 0 heterocycles. The van der Waals surface area contributed by atoms with Crippen LogP contribution >= 0.6 is 23.2 Å². The van der Waals surface area contributed by atoms with Crippen molar-refractivity contribution in [1.82, 2.24) is 10.2 Å². The number of nitrogens with one attached hydrogen (secondary N) is 1. The van der Waals surface area contributed by atoms with Gasteiger partial charge in [0.15, 0.2) is 0 Å². The van der Waals surface area contributed by atoms with Gasteiger partial charge in [-0.2, -0.15) is 0 Å². The lowest BCUT2D eigenvalue weighted by Gasteiger charge is -2.34. The molecule has 0 radical (unpaired) electrons. The largest absolute Gasteiger partial charge is 0.352 e. The van der Waals surface area contributed by atoms with Gasteiger partial charge in [0.25, 0.3) is 10.0 Å². The van der Waals surface area contributed by atoms with E-state index in [9.17, 15) is 18.0 Å². The average molecular weight is 681 g/mol. The van der Waals surface area contributed by atoms with Crippen LogP contribution in [0.25, 0.3) is 0 Å². The summed E-state index contributed by atoms with van der Waals surface area (Å²) in [6.45, 7) is 7.17. The van der Waals surface area contributed by atoms with Gasteiger partial charge in [0, 0.05) is 29.1 Å². The van der Waals surface area contributed by atoms with Crippen LogP contribution in [0, 0.1) is 13.8 Å². The molecule has 0 aromatic heterocycles. The van der Waals surface area contributed by atoms with Gasteiger partial charge in [-0.1, -0.05) is 108 Å². The molecule has 10 heteroatoms. The van der Waals surface area contributed by atoms with Crippen molar-refractivity contribution in [3.63, 3.8) is 0 Å². The number of sulfonamides is 1. The molecule has 4 aromatic carbocycles. The monoisotopic (exact) mass is 679 g/mol. The van der Waals surface area contributed by atoms with Crippen LogP contribution in [0.5, 0.6) is 0 Å². The lowest BCUT2D eigenvalue weighted by Crippen LogP contribution is -2.54. The summed E-state index contributed by atoms with van der Waals surface area (Å²) in [4.78, 5) is 30.0. The van der Waals surface area contributed by atoms with E-state index < -0.39 is 28.5 Å². The van der Waals surface area contributed by atoms with Gasteiger partial charge in [0.2, 0.25) is 11.8 Å². The minimum Gasteiger partial charge on any atom is -0.352 e. The first-order chi connectivity index (χ1) is 21.9. The van der Waals surface area contributed by atoms with E-state index in [1.807, 2.05) is 82.3 Å². The summed E-state index contributed by atoms with van der Waals surface area (Å²) in [7, 11) is -4.27. The fourth-order valence-corrected chi connectivity index (χ4v) is 6.96. The zero-order chi connectivity index (χ0) is 33.4. The molecule has 0 fully saturated rings. The molecular weight excluding hydrogens is 641 g/mol. The lowest BCUT2D eigenvalue weighted by atomic mass is 10.0. The SMILES string of the molecule is CCC(C)NC(=O)C(Cc1ccccc1)N(Cc1cccc(C)c1)C(=O)CN(c1cc(Cl)cc(Cl)c1)S(=O)(=O)c1ccc(C)cc1. The number of anilines is 1. The first-order valence-corrected chi connectivity index (χ1v) is 17.3. The molecule has 0 bridgehead atoms. The Hall–Kier alpha value is -3.85. The zero-order valence-corrected chi connectivity index (χ0v) is 28.7. The second-order valence-corrected chi connectivity index (χ2v) is 14.2. The van der Waals surface area contributed by atoms with E-state index in [1.165, 1.54) is 35.2 Å². The van der Waals surface area contributed by atoms with Gasteiger partial charge in [-0.15, -0.1) is 0 Å². The molecule has 46 heavy (non-hydrogen) atoms. The maximum Gasteiger partial charge on any atom is 0.264 e. The summed E-state index contributed by atoms with van der Waals surface area (Å²) < 4.78 is 29.4. The van der Waals surface area contributed by atoms with Gasteiger partial charge in [0.05, 0.1) is 10.6 Å². The Morgan fingerprint density at radius 2 is 1.43 bits per heavy atom. The standard InChI is InChI=1S/C36H39Cl2N3O4S/c1-5-27(4)39-36(43)34(19-28-11-7-6-8-12-28)40(23-29-13-9-10-26(3)18-29)35(42)24-41(32-21-30(37)20-31(38)22-32)46(44,45)33-16-14-25(2)15-17-33/h6-18,20-22,27,34H,5,19,23-24H2,1-4H3,(H,39,43). The molecule has 0 spiro atoms. The van der Waals surface area contributed by atoms with E-state index >= 15 is 0 Å². The summed E-state index contributed by atoms with van der Waals surface area (Å²) in [5.41, 5.74) is 3.67. The summed E-state index contributed by atoms with van der Waals surface area (Å²) in [5.74, 6) is -0.883. The van der Waals surface area contributed by atoms with Gasteiger partial charge >= 0.3 is 0 Å². The molecule has 0 aliphatic heterocycles. The zero-order valence-electron chi connectivity index (χ0n) is 26.4. The number of halogens is 2. The molecule has 4 aromatic rings. The number of carbonyl (C=O) groups excluding carboxylic acids is 2. The molecule has 0 aliphatic carbocycles. The van der Waals surface area contributed by atoms with Crippen molar-refractivity contribution in [3.05, 3.63) is 129 Å². The minimum atomic E-state index is -4.27. The highest BCUT2D eigenvalue weighted by molar-refractivity contribution is 7.92. The van der Waals surface area contributed by atoms with Crippen molar-refractivity contribution in [2.24, 2.45) is 0 Å². The van der Waals surface area contributed by atoms with Crippen molar-refractivity contribution < 1.29 is 18.0 Å². The van der Waals surface area contributed by atoms with Crippen LogP contribution in [0.15, 0.2) is 102 Å². The Balaban J connectivity index is 1.83. The van der Waals surface area contributed by atoms with E-state index in [-0.39, 0.29) is 45.5 Å². The summed E-state index contributed by atoms with van der Waals surface area (Å²) in [6.07, 6.45) is 0.933. The normalized spacial score (nSPS) is 12.7. The Bertz CT molecular complexity index is 1750. The van der Waals surface area contributed by atoms with Crippen molar-refractivity contribution in [2.45, 2.75) is 64.1 Å². The summed E-state index contributed by atoms with van der Waals surface area (Å²) >= 11 is 12.6. The Labute approximate surface area is 282 Å². The number of nitrogens with zero attached hydrogens (tertiary/aromatic N) is 2. The Morgan fingerprint density at radius 1 is 0.804 bits per heavy atom. The average Bonchev–Trinajstić information content (AvgIpc) is 3.01. The van der Waals surface area contributed by atoms with Crippen LogP contribution in [-0.4, -0.2) is 43.8 Å². The number of rotatable bonds is 13. The van der Waals surface area contributed by atoms with Crippen LogP contribution in [0.1, 0.15) is 42.5 Å². The molecule has 2 amide bonds. The lowest BCUT2D eigenvalue weighted by molar-refractivity contribution is -0.140. The maximum atomic E-state index is 14.6. The number of carbonyl (C=O) groups is 2. The van der Waals surface area contributed by atoms with E-state index in [2.05, 4.69) is 5.32 Å². The van der Waals surface area contributed by atoms with Crippen LogP contribution in [-0.2, 0) is 32.6 Å². The van der Waals surface area contributed by atoms with E-state index in [0.717, 1.165) is 26.6 Å². The van der Waals surface area contributed by atoms with Gasteiger partial charge in [-0.25, -0.2) is 8.42 Å². The number of hydrogen-bond donors (Lipinski definition) is 1. The topological polar surface area (TPSA) is 86.8 Å². The quantitative estimate of drug-likeness (QED) is 0.160. The summed E-state index contributed by atoms with van der Waals surface area (Å²) in [6, 6.07) is 26.8. The minimum absolute atomic E-state index is 0.00239. The smallest absolute Gasteiger partial charge is 0.264 e. The molecule has 7 nitrogen and oxygen atoms in total. The third-order valence-electron chi connectivity index (χ3n) is 7.73. The highest BCUT2D eigenvalue weighted by Crippen LogP contribution is 2.30. The number of hydrogen-bond acceptors (Lipinski definition) is 4. The Kier molecular flexibility index (Phi) is 11.9. The van der Waals surface area contributed by atoms with Crippen molar-refractivity contribution in [3.8, 4) is 0 Å². The number of benzene rings is 4. The first kappa shape index (κ1) is 35.0. The van der Waals surface area contributed by atoms with Gasteiger partial charge in [0.1, 0.15) is 12.6 Å². The summed E-state index contributed by atoms with van der Waals surface area (Å²) in [5, 5.41) is 3.47. The van der Waals surface area contributed by atoms with Crippen molar-refractivity contribution >= 4 is 50.7 Å². The molecule has 0 aliphatic rings. The Morgan fingerprint density at radius 3 is 2.04 bits per heavy atom. The van der Waals surface area contributed by atoms with Crippen LogP contribution in [0.4, 0.5) is 5.69 Å². The molecule has 2 unspecified atom stereocenters. The maximum absolute atomic E-state index is 14.6. The van der Waals surface area contributed by atoms with E-state index in [0.29, 0.717) is 6.42 Å². The third kappa shape index (κ3) is 9.12. The fourth-order valence-electron chi connectivity index (χ4n) is 5.05. The van der Waals surface area contributed by atoms with Gasteiger partial charge in [-0.3, -0.25) is 13.9 Å². The second-order valence-electron chi connectivity index (χ2n) is 11.5. The molecule has 4 rings (SSSR count). The van der Waals surface area contributed by atoms with E-state index in [1.54, 1.807) is 12.1 Å². The number of amides is 2. The molecule has 1 N–H and O–H groups in total. The molecule has 0 saturated heterocycles. The highest BCUT2D eigenvalue weighted by atomic mass is 35.5. The second kappa shape index (κ2) is 15.6. The number of aryl methyl sites for hydroxylation is 2. The molecular formula is C36H39Cl2N3O4S. The molecule has 0 saturated carbocycles. The third-order valence-corrected chi connectivity index (χ3v) is 9.96. The van der Waals surface area contributed by atoms with Crippen LogP contribution < -0.4 is 9.62 Å². The fraction of sp³-hybridized carbons (Fsp3) is 0.278. The van der Waals surface area contributed by atoms with Crippen molar-refractivity contribution in [1.29, 1.82) is 0 Å². The van der Waals surface area contributed by atoms with Crippen molar-refractivity contribution in [2.75, 3.05) is 10.8 Å². The predicted molar refractivity (Wildman–Crippen MR) is 186 cm³/mol. The van der Waals surface area contributed by atoms with Crippen LogP contribution in [0.3, 0.4) is 0 Å². The molecule has 2 atom stereocenters. The highest BCUT2D eigenvalue weighted by Gasteiger charge is 2.35. The molecule has 242 valence electrons. The van der Waals surface area contributed by atoms with Crippen LogP contribution in [0.2, 0.25) is 10.0 Å².